The van der Waals surface area contributed by atoms with Crippen molar-refractivity contribution in [3.8, 4) is 5.75 Å². The van der Waals surface area contributed by atoms with Crippen LogP contribution in [0.4, 0.5) is 4.39 Å². The van der Waals surface area contributed by atoms with Gasteiger partial charge in [-0.3, -0.25) is 0 Å². The first-order chi connectivity index (χ1) is 12.1. The van der Waals surface area contributed by atoms with Gasteiger partial charge in [-0.05, 0) is 47.0 Å². The molecule has 3 rings (SSSR count). The van der Waals surface area contributed by atoms with Gasteiger partial charge in [0.05, 0.1) is 0 Å². The predicted molar refractivity (Wildman–Crippen MR) is 101 cm³/mol. The topological polar surface area (TPSA) is 21.3 Å². The minimum Gasteiger partial charge on any atom is -0.489 e. The molecule has 0 aromatic heterocycles. The van der Waals surface area contributed by atoms with E-state index in [2.05, 4.69) is 43.4 Å². The quantitative estimate of drug-likeness (QED) is 0.631. The van der Waals surface area contributed by atoms with Crippen LogP contribution in [0.2, 0.25) is 0 Å². The van der Waals surface area contributed by atoms with E-state index >= 15 is 0 Å². The summed E-state index contributed by atoms with van der Waals surface area (Å²) in [6, 6.07) is 18.9. The van der Waals surface area contributed by atoms with E-state index in [0.717, 1.165) is 24.4 Å². The third-order valence-electron chi connectivity index (χ3n) is 4.16. The minimum absolute atomic E-state index is 0.229. The standard InChI is InChI=1S/C22H24FNO/c1-16(2)13-24-14-21-20-6-4-3-5-18(20)9-12-22(21)25-15-17-7-10-19(23)11-8-17/h3-12,16,24H,13-15H2,1-2H3. The summed E-state index contributed by atoms with van der Waals surface area (Å²) >= 11 is 0. The van der Waals surface area contributed by atoms with Gasteiger partial charge in [0.1, 0.15) is 18.2 Å². The highest BCUT2D eigenvalue weighted by Crippen LogP contribution is 2.28. The third-order valence-corrected chi connectivity index (χ3v) is 4.16. The Morgan fingerprint density at radius 1 is 0.960 bits per heavy atom. The Kier molecular flexibility index (Phi) is 5.67. The second-order valence-corrected chi connectivity index (χ2v) is 6.70. The number of halogens is 1. The summed E-state index contributed by atoms with van der Waals surface area (Å²) in [5.41, 5.74) is 2.12. The number of benzene rings is 3. The monoisotopic (exact) mass is 337 g/mol. The molecule has 3 heteroatoms. The van der Waals surface area contributed by atoms with E-state index in [1.807, 2.05) is 12.1 Å². The molecule has 1 N–H and O–H groups in total. The van der Waals surface area contributed by atoms with E-state index in [1.165, 1.54) is 28.5 Å². The van der Waals surface area contributed by atoms with Gasteiger partial charge in [-0.1, -0.05) is 56.3 Å². The van der Waals surface area contributed by atoms with E-state index in [0.29, 0.717) is 12.5 Å². The Labute approximate surface area is 148 Å². The van der Waals surface area contributed by atoms with Crippen LogP contribution in [0, 0.1) is 11.7 Å². The zero-order valence-electron chi connectivity index (χ0n) is 14.8. The maximum Gasteiger partial charge on any atom is 0.124 e. The largest absolute Gasteiger partial charge is 0.489 e. The highest BCUT2D eigenvalue weighted by atomic mass is 19.1. The third kappa shape index (κ3) is 4.58. The number of hydrogen-bond acceptors (Lipinski definition) is 2. The molecule has 3 aromatic carbocycles. The van der Waals surface area contributed by atoms with Crippen LogP contribution in [-0.4, -0.2) is 6.54 Å². The average Bonchev–Trinajstić information content (AvgIpc) is 2.62. The molecule has 0 heterocycles. The lowest BCUT2D eigenvalue weighted by Crippen LogP contribution is -2.19. The van der Waals surface area contributed by atoms with E-state index in [4.69, 9.17) is 4.74 Å². The molecule has 0 aliphatic rings. The van der Waals surface area contributed by atoms with E-state index in [-0.39, 0.29) is 5.82 Å². The molecule has 0 spiro atoms. The number of rotatable bonds is 7. The molecule has 0 unspecified atom stereocenters. The Bertz CT molecular complexity index is 827. The van der Waals surface area contributed by atoms with Gasteiger partial charge < -0.3 is 10.1 Å². The van der Waals surface area contributed by atoms with E-state index < -0.39 is 0 Å². The zero-order chi connectivity index (χ0) is 17.6. The Balaban J connectivity index is 1.83. The smallest absolute Gasteiger partial charge is 0.124 e. The van der Waals surface area contributed by atoms with Crippen LogP contribution in [0.3, 0.4) is 0 Å². The summed E-state index contributed by atoms with van der Waals surface area (Å²) < 4.78 is 19.1. The van der Waals surface area contributed by atoms with Crippen LogP contribution in [0.5, 0.6) is 5.75 Å². The van der Waals surface area contributed by atoms with Gasteiger partial charge in [0.2, 0.25) is 0 Å². The van der Waals surface area contributed by atoms with Crippen molar-refractivity contribution >= 4 is 10.8 Å². The first-order valence-electron chi connectivity index (χ1n) is 8.72. The average molecular weight is 337 g/mol. The lowest BCUT2D eigenvalue weighted by atomic mass is 10.0. The highest BCUT2D eigenvalue weighted by molar-refractivity contribution is 5.87. The van der Waals surface area contributed by atoms with Gasteiger partial charge in [0.15, 0.2) is 0 Å². The van der Waals surface area contributed by atoms with Gasteiger partial charge in [0, 0.05) is 12.1 Å². The molecular formula is C22H24FNO. The van der Waals surface area contributed by atoms with Crippen LogP contribution in [0.25, 0.3) is 10.8 Å². The fraction of sp³-hybridized carbons (Fsp3) is 0.273. The van der Waals surface area contributed by atoms with E-state index in [1.54, 1.807) is 12.1 Å². The number of fused-ring (bicyclic) bond motifs is 1. The van der Waals surface area contributed by atoms with Crippen molar-refractivity contribution in [1.29, 1.82) is 0 Å². The van der Waals surface area contributed by atoms with Crippen LogP contribution in [0.1, 0.15) is 25.0 Å². The molecule has 0 aliphatic heterocycles. The van der Waals surface area contributed by atoms with Gasteiger partial charge >= 0.3 is 0 Å². The van der Waals surface area contributed by atoms with Crippen LogP contribution in [-0.2, 0) is 13.2 Å². The van der Waals surface area contributed by atoms with Crippen molar-refractivity contribution < 1.29 is 9.13 Å². The van der Waals surface area contributed by atoms with Crippen LogP contribution >= 0.6 is 0 Å². The van der Waals surface area contributed by atoms with Gasteiger partial charge in [-0.2, -0.15) is 0 Å². The summed E-state index contributed by atoms with van der Waals surface area (Å²) in [4.78, 5) is 0. The summed E-state index contributed by atoms with van der Waals surface area (Å²) in [7, 11) is 0. The molecule has 0 atom stereocenters. The van der Waals surface area contributed by atoms with Gasteiger partial charge in [-0.15, -0.1) is 0 Å². The Morgan fingerprint density at radius 3 is 2.48 bits per heavy atom. The van der Waals surface area contributed by atoms with Crippen LogP contribution in [0.15, 0.2) is 60.7 Å². The maximum atomic E-state index is 13.0. The number of nitrogens with one attached hydrogen (secondary N) is 1. The molecule has 130 valence electrons. The molecule has 0 saturated carbocycles. The molecular weight excluding hydrogens is 313 g/mol. The molecule has 25 heavy (non-hydrogen) atoms. The number of ether oxygens (including phenoxy) is 1. The van der Waals surface area contributed by atoms with Crippen molar-refractivity contribution in [2.75, 3.05) is 6.54 Å². The first kappa shape index (κ1) is 17.4. The predicted octanol–water partition coefficient (Wildman–Crippen LogP) is 5.30. The Hall–Kier alpha value is -2.39. The number of hydrogen-bond donors (Lipinski definition) is 1. The minimum atomic E-state index is -0.229. The molecule has 0 bridgehead atoms. The Morgan fingerprint density at radius 2 is 1.72 bits per heavy atom. The lowest BCUT2D eigenvalue weighted by molar-refractivity contribution is 0.302. The van der Waals surface area contributed by atoms with Crippen molar-refractivity contribution in [1.82, 2.24) is 5.32 Å². The van der Waals surface area contributed by atoms with E-state index in [9.17, 15) is 4.39 Å². The van der Waals surface area contributed by atoms with Gasteiger partial charge in [-0.25, -0.2) is 4.39 Å². The zero-order valence-corrected chi connectivity index (χ0v) is 14.8. The molecule has 3 aromatic rings. The molecule has 0 saturated heterocycles. The van der Waals surface area contributed by atoms with Gasteiger partial charge in [0.25, 0.3) is 0 Å². The summed E-state index contributed by atoms with van der Waals surface area (Å²) in [5, 5.41) is 5.92. The highest BCUT2D eigenvalue weighted by Gasteiger charge is 2.09. The molecule has 0 aliphatic carbocycles. The second-order valence-electron chi connectivity index (χ2n) is 6.70. The molecule has 2 nitrogen and oxygen atoms in total. The SMILES string of the molecule is CC(C)CNCc1c(OCc2ccc(F)cc2)ccc2ccccc12. The van der Waals surface area contributed by atoms with Crippen molar-refractivity contribution in [2.45, 2.75) is 27.0 Å². The van der Waals surface area contributed by atoms with Crippen LogP contribution < -0.4 is 10.1 Å². The normalized spacial score (nSPS) is 11.2. The molecule has 0 amide bonds. The second kappa shape index (κ2) is 8.13. The molecule has 0 fully saturated rings. The molecule has 0 radical (unpaired) electrons. The summed E-state index contributed by atoms with van der Waals surface area (Å²) in [6.45, 7) is 6.54. The first-order valence-corrected chi connectivity index (χ1v) is 8.72. The lowest BCUT2D eigenvalue weighted by Gasteiger charge is -2.16. The fourth-order valence-electron chi connectivity index (χ4n) is 2.86. The fourth-order valence-corrected chi connectivity index (χ4v) is 2.86. The summed E-state index contributed by atoms with van der Waals surface area (Å²) in [6.07, 6.45) is 0. The van der Waals surface area contributed by atoms with Crippen molar-refractivity contribution in [2.24, 2.45) is 5.92 Å². The summed E-state index contributed by atoms with van der Waals surface area (Å²) in [5.74, 6) is 1.24. The maximum absolute atomic E-state index is 13.0. The van der Waals surface area contributed by atoms with Crippen molar-refractivity contribution in [3.05, 3.63) is 77.6 Å². The van der Waals surface area contributed by atoms with Crippen molar-refractivity contribution in [3.63, 3.8) is 0 Å².